The lowest BCUT2D eigenvalue weighted by Gasteiger charge is -2.40. The molecule has 2 aromatic heterocycles. The largest absolute Gasteiger partial charge is 0.356 e. The van der Waals surface area contributed by atoms with Gasteiger partial charge in [-0.1, -0.05) is 12.1 Å². The Morgan fingerprint density at radius 2 is 1.80 bits per heavy atom. The van der Waals surface area contributed by atoms with Crippen LogP contribution in [0.15, 0.2) is 48.9 Å². The minimum atomic E-state index is -0.282. The van der Waals surface area contributed by atoms with E-state index in [9.17, 15) is 4.39 Å². The topological polar surface area (TPSA) is 48.4 Å². The zero-order chi connectivity index (χ0) is 20.3. The van der Waals surface area contributed by atoms with Crippen LogP contribution >= 0.6 is 0 Å². The predicted molar refractivity (Wildman–Crippen MR) is 117 cm³/mol. The number of aromatic nitrogens is 3. The van der Waals surface area contributed by atoms with Crippen LogP contribution in [0.3, 0.4) is 0 Å². The third-order valence-corrected chi connectivity index (χ3v) is 6.28. The monoisotopic (exact) mass is 406 g/mol. The summed E-state index contributed by atoms with van der Waals surface area (Å²) in [6.07, 6.45) is 5.72. The van der Waals surface area contributed by atoms with Gasteiger partial charge in [0, 0.05) is 57.4 Å². The zero-order valence-electron chi connectivity index (χ0n) is 17.1. The van der Waals surface area contributed by atoms with Crippen molar-refractivity contribution >= 4 is 22.5 Å². The van der Waals surface area contributed by atoms with Gasteiger partial charge in [-0.25, -0.2) is 19.3 Å². The van der Waals surface area contributed by atoms with Crippen molar-refractivity contribution in [2.45, 2.75) is 12.8 Å². The number of fused-ring (bicyclic) bond motifs is 1. The number of piperidine rings is 1. The fourth-order valence-corrected chi connectivity index (χ4v) is 4.76. The van der Waals surface area contributed by atoms with E-state index in [1.165, 1.54) is 18.8 Å². The number of pyridine rings is 1. The van der Waals surface area contributed by atoms with Gasteiger partial charge in [-0.3, -0.25) is 4.90 Å². The second-order valence-corrected chi connectivity index (χ2v) is 8.26. The number of piperazine rings is 1. The number of rotatable bonds is 4. The molecule has 7 heteroatoms. The molecule has 5 rings (SSSR count). The molecule has 0 N–H and O–H groups in total. The number of halogens is 1. The summed E-state index contributed by atoms with van der Waals surface area (Å²) in [5.74, 6) is 2.25. The maximum atomic E-state index is 14.1. The third-order valence-electron chi connectivity index (χ3n) is 6.28. The molecule has 0 radical (unpaired) electrons. The molecule has 0 bridgehead atoms. The van der Waals surface area contributed by atoms with Crippen LogP contribution in [0.5, 0.6) is 0 Å². The van der Waals surface area contributed by atoms with Crippen LogP contribution in [-0.4, -0.2) is 65.7 Å². The smallest absolute Gasteiger partial charge is 0.149 e. The maximum Gasteiger partial charge on any atom is 0.149 e. The Labute approximate surface area is 176 Å². The predicted octanol–water partition coefficient (Wildman–Crippen LogP) is 3.20. The van der Waals surface area contributed by atoms with Crippen LogP contribution in [0.4, 0.5) is 16.0 Å². The van der Waals surface area contributed by atoms with Gasteiger partial charge in [0.15, 0.2) is 0 Å². The molecule has 0 aliphatic carbocycles. The van der Waals surface area contributed by atoms with Crippen LogP contribution in [-0.2, 0) is 0 Å². The van der Waals surface area contributed by atoms with E-state index >= 15 is 0 Å². The first kappa shape index (κ1) is 19.2. The van der Waals surface area contributed by atoms with Gasteiger partial charge in [0.25, 0.3) is 0 Å². The van der Waals surface area contributed by atoms with Crippen LogP contribution in [0, 0.1) is 11.7 Å². The van der Waals surface area contributed by atoms with E-state index in [1.54, 1.807) is 6.07 Å². The highest BCUT2D eigenvalue weighted by atomic mass is 19.1. The van der Waals surface area contributed by atoms with Crippen molar-refractivity contribution in [2.24, 2.45) is 5.92 Å². The molecule has 0 saturated carbocycles. The summed E-state index contributed by atoms with van der Waals surface area (Å²) in [6, 6.07) is 11.2. The van der Waals surface area contributed by atoms with E-state index < -0.39 is 0 Å². The molecular weight excluding hydrogens is 379 g/mol. The van der Waals surface area contributed by atoms with Gasteiger partial charge in [-0.2, -0.15) is 0 Å². The molecule has 2 saturated heterocycles. The average molecular weight is 407 g/mol. The Morgan fingerprint density at radius 3 is 2.63 bits per heavy atom. The fraction of sp³-hybridized carbons (Fsp3) is 0.435. The molecule has 6 nitrogen and oxygen atoms in total. The number of nitrogens with zero attached hydrogens (tertiary/aromatic N) is 6. The van der Waals surface area contributed by atoms with Gasteiger partial charge in [0.05, 0.1) is 0 Å². The van der Waals surface area contributed by atoms with E-state index in [4.69, 9.17) is 0 Å². The Hall–Kier alpha value is -2.80. The summed E-state index contributed by atoms with van der Waals surface area (Å²) in [6.45, 7) is 7.19. The molecule has 2 fully saturated rings. The number of hydrogen-bond donors (Lipinski definition) is 0. The molecular formula is C23H27FN6. The van der Waals surface area contributed by atoms with Gasteiger partial charge in [-0.15, -0.1) is 0 Å². The van der Waals surface area contributed by atoms with Gasteiger partial charge in [0.2, 0.25) is 0 Å². The van der Waals surface area contributed by atoms with E-state index in [-0.39, 0.29) is 5.82 Å². The minimum absolute atomic E-state index is 0.282. The molecule has 0 amide bonds. The van der Waals surface area contributed by atoms with Crippen molar-refractivity contribution in [3.63, 3.8) is 0 Å². The normalized spacial score (nSPS) is 20.6. The highest BCUT2D eigenvalue weighted by Crippen LogP contribution is 2.29. The first-order valence-electron chi connectivity index (χ1n) is 10.8. The number of benzene rings is 1. The average Bonchev–Trinajstić information content (AvgIpc) is 2.80. The number of hydrogen-bond acceptors (Lipinski definition) is 6. The van der Waals surface area contributed by atoms with Gasteiger partial charge in [0.1, 0.15) is 29.3 Å². The van der Waals surface area contributed by atoms with Crippen LogP contribution in [0.2, 0.25) is 0 Å². The van der Waals surface area contributed by atoms with E-state index in [2.05, 4.69) is 35.7 Å². The first-order valence-corrected chi connectivity index (χ1v) is 10.8. The molecule has 3 aromatic rings. The summed E-state index contributed by atoms with van der Waals surface area (Å²) < 4.78 is 14.1. The SMILES string of the molecule is Fc1cccc2c(N3CCCC(CN4CCN(c5ccccn5)CC4)C3)ncnc12. The summed E-state index contributed by atoms with van der Waals surface area (Å²) in [5.41, 5.74) is 0.412. The van der Waals surface area contributed by atoms with Crippen molar-refractivity contribution in [1.82, 2.24) is 19.9 Å². The lowest BCUT2D eigenvalue weighted by molar-refractivity contribution is 0.205. The third kappa shape index (κ3) is 3.94. The quantitative estimate of drug-likeness (QED) is 0.663. The molecule has 0 spiro atoms. The van der Waals surface area contributed by atoms with E-state index in [0.717, 1.165) is 69.3 Å². The summed E-state index contributed by atoms with van der Waals surface area (Å²) >= 11 is 0. The molecule has 30 heavy (non-hydrogen) atoms. The van der Waals surface area contributed by atoms with E-state index in [1.807, 2.05) is 24.4 Å². The molecule has 1 aromatic carbocycles. The molecule has 4 heterocycles. The molecule has 156 valence electrons. The fourth-order valence-electron chi connectivity index (χ4n) is 4.76. The second kappa shape index (κ2) is 8.52. The van der Waals surface area contributed by atoms with Crippen molar-refractivity contribution in [3.8, 4) is 0 Å². The van der Waals surface area contributed by atoms with Crippen LogP contribution in [0.25, 0.3) is 10.9 Å². The first-order chi connectivity index (χ1) is 14.8. The second-order valence-electron chi connectivity index (χ2n) is 8.26. The van der Waals surface area contributed by atoms with Crippen molar-refractivity contribution < 1.29 is 4.39 Å². The Morgan fingerprint density at radius 1 is 0.900 bits per heavy atom. The van der Waals surface area contributed by atoms with Gasteiger partial charge in [-0.05, 0) is 43.0 Å². The Balaban J connectivity index is 1.22. The van der Waals surface area contributed by atoms with Crippen LogP contribution < -0.4 is 9.80 Å². The van der Waals surface area contributed by atoms with Gasteiger partial charge < -0.3 is 9.80 Å². The van der Waals surface area contributed by atoms with Gasteiger partial charge >= 0.3 is 0 Å². The lowest BCUT2D eigenvalue weighted by Crippen LogP contribution is -2.50. The summed E-state index contributed by atoms with van der Waals surface area (Å²) in [4.78, 5) is 20.4. The van der Waals surface area contributed by atoms with Crippen molar-refractivity contribution in [3.05, 3.63) is 54.7 Å². The summed E-state index contributed by atoms with van der Waals surface area (Å²) in [5, 5.41) is 0.808. The molecule has 1 atom stereocenters. The lowest BCUT2D eigenvalue weighted by atomic mass is 9.96. The van der Waals surface area contributed by atoms with Crippen molar-refractivity contribution in [1.29, 1.82) is 0 Å². The summed E-state index contributed by atoms with van der Waals surface area (Å²) in [7, 11) is 0. The van der Waals surface area contributed by atoms with Crippen LogP contribution in [0.1, 0.15) is 12.8 Å². The van der Waals surface area contributed by atoms with E-state index in [0.29, 0.717) is 11.4 Å². The molecule has 2 aliphatic heterocycles. The Bertz CT molecular complexity index is 989. The van der Waals surface area contributed by atoms with Crippen molar-refractivity contribution in [2.75, 3.05) is 55.6 Å². The maximum absolute atomic E-state index is 14.1. The molecule has 2 aliphatic rings. The number of para-hydroxylation sites is 1. The highest BCUT2D eigenvalue weighted by molar-refractivity contribution is 5.89. The standard InChI is InChI=1S/C23H27FN6/c24-20-7-3-6-19-22(20)26-17-27-23(19)30-10-4-5-18(16-30)15-28-11-13-29(14-12-28)21-8-1-2-9-25-21/h1-3,6-9,17-18H,4-5,10-16H2. The zero-order valence-corrected chi connectivity index (χ0v) is 17.1. The Kier molecular flexibility index (Phi) is 5.45. The molecule has 1 unspecified atom stereocenters. The minimum Gasteiger partial charge on any atom is -0.356 e. The number of anilines is 2. The highest BCUT2D eigenvalue weighted by Gasteiger charge is 2.26.